The zero-order valence-corrected chi connectivity index (χ0v) is 13.5. The van der Waals surface area contributed by atoms with E-state index in [9.17, 15) is 4.79 Å². The summed E-state index contributed by atoms with van der Waals surface area (Å²) >= 11 is 3.49. The van der Waals surface area contributed by atoms with Crippen LogP contribution in [0.3, 0.4) is 0 Å². The predicted octanol–water partition coefficient (Wildman–Crippen LogP) is 3.31. The maximum atomic E-state index is 12.2. The molecule has 0 bridgehead atoms. The summed E-state index contributed by atoms with van der Waals surface area (Å²) in [7, 11) is 0. The second kappa shape index (κ2) is 5.93. The van der Waals surface area contributed by atoms with Gasteiger partial charge in [0.25, 0.3) is 5.91 Å². The van der Waals surface area contributed by atoms with Crippen LogP contribution in [0.4, 0.5) is 5.69 Å². The average molecular weight is 349 g/mol. The maximum absolute atomic E-state index is 12.2. The number of anilines is 1. The summed E-state index contributed by atoms with van der Waals surface area (Å²) < 4.78 is 6.28. The van der Waals surface area contributed by atoms with Gasteiger partial charge in [-0.25, -0.2) is 0 Å². The van der Waals surface area contributed by atoms with Crippen LogP contribution < -0.4 is 4.90 Å². The van der Waals surface area contributed by atoms with E-state index in [2.05, 4.69) is 46.0 Å². The van der Waals surface area contributed by atoms with Gasteiger partial charge in [0.2, 0.25) is 0 Å². The zero-order valence-electron chi connectivity index (χ0n) is 11.9. The number of amides is 1. The van der Waals surface area contributed by atoms with E-state index in [0.717, 1.165) is 30.7 Å². The molecule has 0 unspecified atom stereocenters. The van der Waals surface area contributed by atoms with Crippen molar-refractivity contribution in [2.75, 3.05) is 31.1 Å². The number of piperazine rings is 1. The number of benzene rings is 1. The van der Waals surface area contributed by atoms with Crippen molar-refractivity contribution >= 4 is 27.5 Å². The molecule has 2 aromatic rings. The Bertz CT molecular complexity index is 632. The molecule has 1 saturated heterocycles. The summed E-state index contributed by atoms with van der Waals surface area (Å²) in [4.78, 5) is 16.4. The van der Waals surface area contributed by atoms with Crippen molar-refractivity contribution in [3.63, 3.8) is 0 Å². The monoisotopic (exact) mass is 348 g/mol. The molecule has 0 saturated carbocycles. The van der Waals surface area contributed by atoms with Gasteiger partial charge in [-0.05, 0) is 42.8 Å². The highest BCUT2D eigenvalue weighted by Gasteiger charge is 2.24. The van der Waals surface area contributed by atoms with Gasteiger partial charge in [-0.2, -0.15) is 0 Å². The number of aryl methyl sites for hydroxylation is 1. The lowest BCUT2D eigenvalue weighted by atomic mass is 10.1. The maximum Gasteiger partial charge on any atom is 0.289 e. The Kier molecular flexibility index (Phi) is 4.01. The number of carbonyl (C=O) groups is 1. The van der Waals surface area contributed by atoms with Crippen LogP contribution in [0.1, 0.15) is 16.1 Å². The molecule has 1 aromatic carbocycles. The number of carbonyl (C=O) groups excluding carboxylic acids is 1. The molecule has 1 aliphatic rings. The Hall–Kier alpha value is -1.75. The van der Waals surface area contributed by atoms with E-state index in [0.29, 0.717) is 5.76 Å². The van der Waals surface area contributed by atoms with Crippen LogP contribution >= 0.6 is 15.9 Å². The highest BCUT2D eigenvalue weighted by Crippen LogP contribution is 2.25. The van der Waals surface area contributed by atoms with Crippen molar-refractivity contribution in [3.8, 4) is 0 Å². The Morgan fingerprint density at radius 1 is 1.19 bits per heavy atom. The number of halogens is 1. The van der Waals surface area contributed by atoms with E-state index in [4.69, 9.17) is 4.42 Å². The minimum atomic E-state index is -0.0211. The molecule has 4 nitrogen and oxygen atoms in total. The largest absolute Gasteiger partial charge is 0.459 e. The van der Waals surface area contributed by atoms with Gasteiger partial charge in [0.05, 0.1) is 6.26 Å². The molecular formula is C16H17BrN2O2. The van der Waals surface area contributed by atoms with Gasteiger partial charge in [0, 0.05) is 36.3 Å². The van der Waals surface area contributed by atoms with Crippen molar-refractivity contribution in [2.45, 2.75) is 6.92 Å². The van der Waals surface area contributed by atoms with Crippen LogP contribution in [0, 0.1) is 6.92 Å². The summed E-state index contributed by atoms with van der Waals surface area (Å²) in [6.07, 6.45) is 1.54. The Balaban J connectivity index is 1.66. The molecule has 1 amide bonds. The van der Waals surface area contributed by atoms with Gasteiger partial charge in [0.15, 0.2) is 5.76 Å². The predicted molar refractivity (Wildman–Crippen MR) is 85.7 cm³/mol. The van der Waals surface area contributed by atoms with Gasteiger partial charge in [-0.1, -0.05) is 15.9 Å². The smallest absolute Gasteiger partial charge is 0.289 e. The normalized spacial score (nSPS) is 15.3. The topological polar surface area (TPSA) is 36.7 Å². The van der Waals surface area contributed by atoms with Crippen LogP contribution in [0.25, 0.3) is 0 Å². The SMILES string of the molecule is Cc1cc(Br)ccc1N1CCN(C(=O)c2ccco2)CC1. The fourth-order valence-corrected chi connectivity index (χ4v) is 3.16. The zero-order chi connectivity index (χ0) is 14.8. The van der Waals surface area contributed by atoms with E-state index < -0.39 is 0 Å². The number of rotatable bonds is 2. The first-order chi connectivity index (χ1) is 10.1. The third-order valence-corrected chi connectivity index (χ3v) is 4.29. The fourth-order valence-electron chi connectivity index (χ4n) is 2.68. The summed E-state index contributed by atoms with van der Waals surface area (Å²) in [5.41, 5.74) is 2.48. The molecule has 0 spiro atoms. The summed E-state index contributed by atoms with van der Waals surface area (Å²) in [5.74, 6) is 0.399. The van der Waals surface area contributed by atoms with Crippen molar-refractivity contribution in [1.29, 1.82) is 0 Å². The van der Waals surface area contributed by atoms with E-state index in [1.54, 1.807) is 12.1 Å². The first kappa shape index (κ1) is 14.2. The molecule has 1 aliphatic heterocycles. The molecule has 1 fully saturated rings. The molecule has 1 aromatic heterocycles. The van der Waals surface area contributed by atoms with Crippen LogP contribution in [0.5, 0.6) is 0 Å². The van der Waals surface area contributed by atoms with E-state index in [1.807, 2.05) is 4.90 Å². The summed E-state index contributed by atoms with van der Waals surface area (Å²) in [5, 5.41) is 0. The third-order valence-electron chi connectivity index (χ3n) is 3.80. The number of hydrogen-bond acceptors (Lipinski definition) is 3. The first-order valence-electron chi connectivity index (χ1n) is 6.99. The van der Waals surface area contributed by atoms with Crippen molar-refractivity contribution < 1.29 is 9.21 Å². The highest BCUT2D eigenvalue weighted by atomic mass is 79.9. The van der Waals surface area contributed by atoms with Gasteiger partial charge >= 0.3 is 0 Å². The van der Waals surface area contributed by atoms with Crippen LogP contribution in [-0.4, -0.2) is 37.0 Å². The van der Waals surface area contributed by atoms with Crippen LogP contribution in [0.15, 0.2) is 45.5 Å². The van der Waals surface area contributed by atoms with Gasteiger partial charge in [-0.15, -0.1) is 0 Å². The van der Waals surface area contributed by atoms with E-state index in [-0.39, 0.29) is 5.91 Å². The first-order valence-corrected chi connectivity index (χ1v) is 7.78. The lowest BCUT2D eigenvalue weighted by Gasteiger charge is -2.36. The molecule has 0 atom stereocenters. The molecular weight excluding hydrogens is 332 g/mol. The van der Waals surface area contributed by atoms with Gasteiger partial charge < -0.3 is 14.2 Å². The fraction of sp³-hybridized carbons (Fsp3) is 0.312. The van der Waals surface area contributed by atoms with Gasteiger partial charge in [0.1, 0.15) is 0 Å². The lowest BCUT2D eigenvalue weighted by Crippen LogP contribution is -2.48. The molecule has 21 heavy (non-hydrogen) atoms. The molecule has 5 heteroatoms. The second-order valence-corrected chi connectivity index (χ2v) is 6.10. The minimum Gasteiger partial charge on any atom is -0.459 e. The van der Waals surface area contributed by atoms with Gasteiger partial charge in [-0.3, -0.25) is 4.79 Å². The van der Waals surface area contributed by atoms with E-state index in [1.165, 1.54) is 17.5 Å². The van der Waals surface area contributed by atoms with E-state index >= 15 is 0 Å². The molecule has 2 heterocycles. The quantitative estimate of drug-likeness (QED) is 0.835. The average Bonchev–Trinajstić information content (AvgIpc) is 3.01. The number of nitrogens with zero attached hydrogens (tertiary/aromatic N) is 2. The van der Waals surface area contributed by atoms with Crippen molar-refractivity contribution in [1.82, 2.24) is 4.90 Å². The summed E-state index contributed by atoms with van der Waals surface area (Å²) in [6, 6.07) is 9.77. The Labute approximate surface area is 132 Å². The molecule has 3 rings (SSSR count). The number of hydrogen-bond donors (Lipinski definition) is 0. The molecule has 0 N–H and O–H groups in total. The molecule has 0 radical (unpaired) electrons. The second-order valence-electron chi connectivity index (χ2n) is 5.19. The molecule has 110 valence electrons. The Morgan fingerprint density at radius 2 is 1.95 bits per heavy atom. The summed E-state index contributed by atoms with van der Waals surface area (Å²) in [6.45, 7) is 5.23. The minimum absolute atomic E-state index is 0.0211. The van der Waals surface area contributed by atoms with Crippen molar-refractivity contribution in [2.24, 2.45) is 0 Å². The number of furan rings is 1. The Morgan fingerprint density at radius 3 is 2.57 bits per heavy atom. The standard InChI is InChI=1S/C16H17BrN2O2/c1-12-11-13(17)4-5-14(12)18-6-8-19(9-7-18)16(20)15-3-2-10-21-15/h2-5,10-11H,6-9H2,1H3. The van der Waals surface area contributed by atoms with Crippen LogP contribution in [0.2, 0.25) is 0 Å². The van der Waals surface area contributed by atoms with Crippen LogP contribution in [-0.2, 0) is 0 Å². The highest BCUT2D eigenvalue weighted by molar-refractivity contribution is 9.10. The lowest BCUT2D eigenvalue weighted by molar-refractivity contribution is 0.0714. The van der Waals surface area contributed by atoms with Crippen molar-refractivity contribution in [3.05, 3.63) is 52.4 Å². The third kappa shape index (κ3) is 2.97. The molecule has 0 aliphatic carbocycles.